The summed E-state index contributed by atoms with van der Waals surface area (Å²) in [6.07, 6.45) is 3.51. The first-order chi connectivity index (χ1) is 8.99. The number of carboxylic acid groups (broad SMARTS) is 1. The largest absolute Gasteiger partial charge is 0.490 e. The quantitative estimate of drug-likeness (QED) is 0.898. The summed E-state index contributed by atoms with van der Waals surface area (Å²) in [6, 6.07) is 5.24. The van der Waals surface area contributed by atoms with E-state index in [1.807, 2.05) is 13.0 Å². The van der Waals surface area contributed by atoms with Gasteiger partial charge in [0.15, 0.2) is 0 Å². The molecule has 0 radical (unpaired) electrons. The maximum Gasteiger partial charge on any atom is 0.336 e. The zero-order valence-corrected chi connectivity index (χ0v) is 11.8. The highest BCUT2D eigenvalue weighted by Crippen LogP contribution is 2.33. The molecule has 0 amide bonds. The highest BCUT2D eigenvalue weighted by Gasteiger charge is 2.26. The third kappa shape index (κ3) is 3.09. The van der Waals surface area contributed by atoms with Crippen LogP contribution in [0.5, 0.6) is 5.75 Å². The molecule has 1 aliphatic carbocycles. The topological polar surface area (TPSA) is 46.5 Å². The Morgan fingerprint density at radius 1 is 1.26 bits per heavy atom. The van der Waals surface area contributed by atoms with Crippen LogP contribution in [0, 0.1) is 18.8 Å². The molecule has 1 N–H and O–H groups in total. The minimum absolute atomic E-state index is 0.217. The Morgan fingerprint density at radius 3 is 2.63 bits per heavy atom. The zero-order valence-electron chi connectivity index (χ0n) is 11.8. The Morgan fingerprint density at radius 2 is 2.00 bits per heavy atom. The van der Waals surface area contributed by atoms with Gasteiger partial charge in [0.05, 0.1) is 11.7 Å². The SMILES string of the molecule is Cc1c(OC2CCC(C)C(C)C2)cccc1C(=O)O. The number of carboxylic acids is 1. The molecule has 104 valence electrons. The molecule has 0 heterocycles. The molecule has 1 aliphatic rings. The van der Waals surface area contributed by atoms with Crippen molar-refractivity contribution < 1.29 is 14.6 Å². The van der Waals surface area contributed by atoms with E-state index < -0.39 is 5.97 Å². The first kappa shape index (κ1) is 13.9. The summed E-state index contributed by atoms with van der Waals surface area (Å²) in [4.78, 5) is 11.1. The minimum atomic E-state index is -0.895. The van der Waals surface area contributed by atoms with Crippen molar-refractivity contribution >= 4 is 5.97 Å². The Hall–Kier alpha value is -1.51. The second-order valence-electron chi connectivity index (χ2n) is 5.74. The highest BCUT2D eigenvalue weighted by molar-refractivity contribution is 5.90. The van der Waals surface area contributed by atoms with E-state index >= 15 is 0 Å². The van der Waals surface area contributed by atoms with Crippen LogP contribution in [0.25, 0.3) is 0 Å². The van der Waals surface area contributed by atoms with Crippen LogP contribution in [0.4, 0.5) is 0 Å². The molecule has 3 unspecified atom stereocenters. The number of rotatable bonds is 3. The Kier molecular flexibility index (Phi) is 4.13. The highest BCUT2D eigenvalue weighted by atomic mass is 16.5. The molecule has 1 aromatic carbocycles. The number of ether oxygens (including phenoxy) is 1. The second kappa shape index (κ2) is 5.64. The molecular formula is C16H22O3. The first-order valence-electron chi connectivity index (χ1n) is 6.98. The van der Waals surface area contributed by atoms with Gasteiger partial charge in [-0.2, -0.15) is 0 Å². The lowest BCUT2D eigenvalue weighted by molar-refractivity contribution is 0.0693. The van der Waals surface area contributed by atoms with Gasteiger partial charge in [0, 0.05) is 5.56 Å². The predicted molar refractivity (Wildman–Crippen MR) is 74.7 cm³/mol. The van der Waals surface area contributed by atoms with Crippen molar-refractivity contribution in [3.05, 3.63) is 29.3 Å². The molecule has 3 nitrogen and oxygen atoms in total. The van der Waals surface area contributed by atoms with Gasteiger partial charge in [0.25, 0.3) is 0 Å². The Bertz CT molecular complexity index is 467. The van der Waals surface area contributed by atoms with Crippen LogP contribution < -0.4 is 4.74 Å². The van der Waals surface area contributed by atoms with E-state index in [1.54, 1.807) is 12.1 Å². The summed E-state index contributed by atoms with van der Waals surface area (Å²) < 4.78 is 6.03. The first-order valence-corrected chi connectivity index (χ1v) is 6.98. The van der Waals surface area contributed by atoms with E-state index in [9.17, 15) is 4.79 Å². The molecule has 0 bridgehead atoms. The van der Waals surface area contributed by atoms with Gasteiger partial charge in [-0.1, -0.05) is 19.9 Å². The van der Waals surface area contributed by atoms with E-state index in [4.69, 9.17) is 9.84 Å². The van der Waals surface area contributed by atoms with Crippen molar-refractivity contribution in [1.82, 2.24) is 0 Å². The zero-order chi connectivity index (χ0) is 14.0. The lowest BCUT2D eigenvalue weighted by atomic mass is 9.80. The van der Waals surface area contributed by atoms with Crippen LogP contribution in [0.15, 0.2) is 18.2 Å². The smallest absolute Gasteiger partial charge is 0.336 e. The number of hydrogen-bond donors (Lipinski definition) is 1. The molecule has 3 atom stereocenters. The van der Waals surface area contributed by atoms with Gasteiger partial charge in [0.1, 0.15) is 5.75 Å². The average Bonchev–Trinajstić information content (AvgIpc) is 2.36. The monoisotopic (exact) mass is 262 g/mol. The molecule has 0 aromatic heterocycles. The minimum Gasteiger partial charge on any atom is -0.490 e. The van der Waals surface area contributed by atoms with E-state index in [0.29, 0.717) is 17.2 Å². The molecule has 3 heteroatoms. The predicted octanol–water partition coefficient (Wildman–Crippen LogP) is 3.90. The standard InChI is InChI=1S/C16H22O3/c1-10-7-8-13(9-11(10)2)19-15-6-4-5-14(12(15)3)16(17)18/h4-6,10-11,13H,7-9H2,1-3H3,(H,17,18). The van der Waals surface area contributed by atoms with E-state index in [1.165, 1.54) is 6.42 Å². The van der Waals surface area contributed by atoms with Crippen LogP contribution in [0.3, 0.4) is 0 Å². The third-order valence-electron chi connectivity index (χ3n) is 4.36. The van der Waals surface area contributed by atoms with E-state index in [0.717, 1.165) is 24.3 Å². The van der Waals surface area contributed by atoms with Crippen LogP contribution in [0.2, 0.25) is 0 Å². The number of hydrogen-bond acceptors (Lipinski definition) is 2. The fourth-order valence-electron chi connectivity index (χ4n) is 2.76. The van der Waals surface area contributed by atoms with E-state index in [-0.39, 0.29) is 6.10 Å². The normalized spacial score (nSPS) is 27.0. The summed E-state index contributed by atoms with van der Waals surface area (Å²) in [6.45, 7) is 6.37. The van der Waals surface area contributed by atoms with Crippen LogP contribution in [-0.2, 0) is 0 Å². The summed E-state index contributed by atoms with van der Waals surface area (Å²) in [5.74, 6) is 1.24. The molecule has 1 saturated carbocycles. The second-order valence-corrected chi connectivity index (χ2v) is 5.74. The van der Waals surface area contributed by atoms with Gasteiger partial charge < -0.3 is 9.84 Å². The van der Waals surface area contributed by atoms with Gasteiger partial charge in [-0.25, -0.2) is 4.79 Å². The maximum absolute atomic E-state index is 11.1. The lowest BCUT2D eigenvalue weighted by Crippen LogP contribution is -2.29. The van der Waals surface area contributed by atoms with Crippen molar-refractivity contribution in [1.29, 1.82) is 0 Å². The Balaban J connectivity index is 2.11. The van der Waals surface area contributed by atoms with Crippen molar-refractivity contribution in [3.63, 3.8) is 0 Å². The molecule has 0 aliphatic heterocycles. The molecule has 0 spiro atoms. The summed E-state index contributed by atoms with van der Waals surface area (Å²) >= 11 is 0. The van der Waals surface area contributed by atoms with Crippen LogP contribution >= 0.6 is 0 Å². The van der Waals surface area contributed by atoms with Crippen molar-refractivity contribution in [3.8, 4) is 5.75 Å². The van der Waals surface area contributed by atoms with Crippen LogP contribution in [-0.4, -0.2) is 17.2 Å². The summed E-state index contributed by atoms with van der Waals surface area (Å²) in [5, 5.41) is 9.12. The van der Waals surface area contributed by atoms with Crippen molar-refractivity contribution in [2.75, 3.05) is 0 Å². The third-order valence-corrected chi connectivity index (χ3v) is 4.36. The fourth-order valence-corrected chi connectivity index (χ4v) is 2.76. The molecule has 1 fully saturated rings. The average molecular weight is 262 g/mol. The molecule has 19 heavy (non-hydrogen) atoms. The molecule has 0 saturated heterocycles. The van der Waals surface area contributed by atoms with Gasteiger partial charge in [-0.05, 0) is 50.2 Å². The lowest BCUT2D eigenvalue weighted by Gasteiger charge is -2.32. The molecule has 2 rings (SSSR count). The summed E-state index contributed by atoms with van der Waals surface area (Å²) in [7, 11) is 0. The number of aromatic carboxylic acids is 1. The van der Waals surface area contributed by atoms with Gasteiger partial charge in [-0.15, -0.1) is 0 Å². The van der Waals surface area contributed by atoms with E-state index in [2.05, 4.69) is 13.8 Å². The van der Waals surface area contributed by atoms with Crippen LogP contribution in [0.1, 0.15) is 49.0 Å². The van der Waals surface area contributed by atoms with Crippen molar-refractivity contribution in [2.24, 2.45) is 11.8 Å². The fraction of sp³-hybridized carbons (Fsp3) is 0.562. The van der Waals surface area contributed by atoms with Gasteiger partial charge in [-0.3, -0.25) is 0 Å². The van der Waals surface area contributed by atoms with Gasteiger partial charge >= 0.3 is 5.97 Å². The number of carbonyl (C=O) groups is 1. The number of benzene rings is 1. The van der Waals surface area contributed by atoms with Crippen molar-refractivity contribution in [2.45, 2.75) is 46.1 Å². The molecule has 1 aromatic rings. The molecular weight excluding hydrogens is 240 g/mol. The van der Waals surface area contributed by atoms with Gasteiger partial charge in [0.2, 0.25) is 0 Å². The Labute approximate surface area is 114 Å². The maximum atomic E-state index is 11.1. The summed E-state index contributed by atoms with van der Waals surface area (Å²) in [5.41, 5.74) is 1.05.